The van der Waals surface area contributed by atoms with Crippen molar-refractivity contribution in [2.45, 2.75) is 25.3 Å². The van der Waals surface area contributed by atoms with Gasteiger partial charge in [0.05, 0.1) is 43.0 Å². The van der Waals surface area contributed by atoms with Crippen LogP contribution >= 0.6 is 11.6 Å². The van der Waals surface area contributed by atoms with Gasteiger partial charge in [-0.1, -0.05) is 23.7 Å². The van der Waals surface area contributed by atoms with Crippen LogP contribution in [0.4, 0.5) is 5.69 Å². The highest BCUT2D eigenvalue weighted by Gasteiger charge is 2.43. The van der Waals surface area contributed by atoms with Crippen molar-refractivity contribution in [2.75, 3.05) is 37.6 Å². The van der Waals surface area contributed by atoms with Gasteiger partial charge in [-0.25, -0.2) is 0 Å². The first kappa shape index (κ1) is 17.1. The molecule has 0 spiro atoms. The number of anilines is 1. The molecule has 1 heterocycles. The minimum absolute atomic E-state index is 0.0212. The second kappa shape index (κ2) is 7.00. The molecule has 128 valence electrons. The molecular formula is C18H24ClN4O+. The predicted molar refractivity (Wildman–Crippen MR) is 94.1 cm³/mol. The van der Waals surface area contributed by atoms with Gasteiger partial charge in [0.1, 0.15) is 5.54 Å². The maximum Gasteiger partial charge on any atom is 0.276 e. The molecule has 0 bridgehead atoms. The summed E-state index contributed by atoms with van der Waals surface area (Å²) in [6, 6.07) is 10.2. The van der Waals surface area contributed by atoms with E-state index < -0.39 is 5.54 Å². The number of nitrogens with one attached hydrogen (secondary N) is 2. The number of carbonyl (C=O) groups excluding carboxylic acids is 1. The number of quaternary nitrogens is 1. The number of benzene rings is 1. The van der Waals surface area contributed by atoms with E-state index in [9.17, 15) is 10.1 Å². The minimum atomic E-state index is -0.699. The van der Waals surface area contributed by atoms with Crippen LogP contribution in [0.5, 0.6) is 0 Å². The Morgan fingerprint density at radius 3 is 2.67 bits per heavy atom. The largest absolute Gasteiger partial charge is 0.359 e. The highest BCUT2D eigenvalue weighted by Crippen LogP contribution is 2.39. The molecule has 2 N–H and O–H groups in total. The first-order valence-electron chi connectivity index (χ1n) is 8.57. The highest BCUT2D eigenvalue weighted by molar-refractivity contribution is 6.33. The van der Waals surface area contributed by atoms with Crippen molar-refractivity contribution in [3.63, 3.8) is 0 Å². The molecule has 0 unspecified atom stereocenters. The lowest BCUT2D eigenvalue weighted by atomic mass is 9.98. The number of hydrogen-bond acceptors (Lipinski definition) is 3. The molecule has 0 radical (unpaired) electrons. The zero-order valence-electron chi connectivity index (χ0n) is 14.0. The lowest BCUT2D eigenvalue weighted by molar-refractivity contribution is -0.892. The summed E-state index contributed by atoms with van der Waals surface area (Å²) in [7, 11) is 0. The summed E-state index contributed by atoms with van der Waals surface area (Å²) in [4.78, 5) is 15.8. The van der Waals surface area contributed by atoms with E-state index in [-0.39, 0.29) is 5.91 Å². The van der Waals surface area contributed by atoms with Gasteiger partial charge in [0.15, 0.2) is 6.54 Å². The topological polar surface area (TPSA) is 60.6 Å². The van der Waals surface area contributed by atoms with E-state index in [1.165, 1.54) is 4.90 Å². The molecule has 1 atom stereocenters. The zero-order valence-corrected chi connectivity index (χ0v) is 14.8. The van der Waals surface area contributed by atoms with E-state index in [0.29, 0.717) is 12.5 Å². The fraction of sp³-hybridized carbons (Fsp3) is 0.556. The molecule has 2 aliphatic rings. The molecule has 6 heteroatoms. The zero-order chi connectivity index (χ0) is 17.2. The first-order valence-corrected chi connectivity index (χ1v) is 8.95. The maximum absolute atomic E-state index is 12.3. The van der Waals surface area contributed by atoms with Crippen LogP contribution in [-0.4, -0.2) is 44.2 Å². The van der Waals surface area contributed by atoms with Crippen LogP contribution in [0.1, 0.15) is 19.8 Å². The number of nitriles is 1. The number of piperazine rings is 1. The Morgan fingerprint density at radius 2 is 2.08 bits per heavy atom. The summed E-state index contributed by atoms with van der Waals surface area (Å²) in [5.41, 5.74) is 0.365. The first-order chi connectivity index (χ1) is 11.5. The number of rotatable bonds is 5. The van der Waals surface area contributed by atoms with E-state index in [2.05, 4.69) is 16.3 Å². The number of para-hydroxylation sites is 1. The summed E-state index contributed by atoms with van der Waals surface area (Å²) < 4.78 is 0. The van der Waals surface area contributed by atoms with Gasteiger partial charge in [0.25, 0.3) is 5.91 Å². The van der Waals surface area contributed by atoms with Gasteiger partial charge in [-0.15, -0.1) is 0 Å². The Balaban J connectivity index is 1.50. The summed E-state index contributed by atoms with van der Waals surface area (Å²) >= 11 is 6.26. The average Bonchev–Trinajstić information content (AvgIpc) is 3.41. The van der Waals surface area contributed by atoms with Gasteiger partial charge in [0, 0.05) is 0 Å². The third kappa shape index (κ3) is 3.82. The van der Waals surface area contributed by atoms with Crippen LogP contribution in [0.3, 0.4) is 0 Å². The molecule has 1 amide bonds. The third-order valence-corrected chi connectivity index (χ3v) is 5.42. The molecule has 0 aromatic heterocycles. The van der Waals surface area contributed by atoms with Crippen LogP contribution in [0, 0.1) is 17.2 Å². The van der Waals surface area contributed by atoms with Crippen molar-refractivity contribution in [3.05, 3.63) is 29.3 Å². The van der Waals surface area contributed by atoms with Gasteiger partial charge in [-0.3, -0.25) is 4.79 Å². The third-order valence-electron chi connectivity index (χ3n) is 5.10. The van der Waals surface area contributed by atoms with E-state index >= 15 is 0 Å². The average molecular weight is 348 g/mol. The summed E-state index contributed by atoms with van der Waals surface area (Å²) in [5, 5.41) is 13.1. The van der Waals surface area contributed by atoms with Crippen LogP contribution < -0.4 is 15.1 Å². The quantitative estimate of drug-likeness (QED) is 0.830. The molecular weight excluding hydrogens is 324 g/mol. The van der Waals surface area contributed by atoms with Crippen molar-refractivity contribution in [2.24, 2.45) is 5.92 Å². The monoisotopic (exact) mass is 347 g/mol. The lowest BCUT2D eigenvalue weighted by Gasteiger charge is -2.34. The van der Waals surface area contributed by atoms with Gasteiger partial charge < -0.3 is 15.1 Å². The van der Waals surface area contributed by atoms with Crippen LogP contribution in [0.2, 0.25) is 5.02 Å². The fourth-order valence-electron chi connectivity index (χ4n) is 3.39. The summed E-state index contributed by atoms with van der Waals surface area (Å²) in [6.07, 6.45) is 2.07. The molecule has 1 aliphatic carbocycles. The molecule has 1 aromatic carbocycles. The fourth-order valence-corrected chi connectivity index (χ4v) is 3.65. The van der Waals surface area contributed by atoms with Crippen LogP contribution in [-0.2, 0) is 4.79 Å². The molecule has 3 rings (SSSR count). The molecule has 2 fully saturated rings. The van der Waals surface area contributed by atoms with E-state index in [1.54, 1.807) is 0 Å². The van der Waals surface area contributed by atoms with Crippen molar-refractivity contribution in [1.29, 1.82) is 5.26 Å². The standard InChI is InChI=1S/C18H23ClN4O/c1-18(13-20,14-6-7-14)21-17(24)12-22-8-10-23(11-9-22)16-5-3-2-4-15(16)19/h2-5,14H,6-12H2,1H3,(H,21,24)/p+1/t18-/m0/s1. The van der Waals surface area contributed by atoms with Gasteiger partial charge >= 0.3 is 0 Å². The van der Waals surface area contributed by atoms with Crippen molar-refractivity contribution < 1.29 is 9.69 Å². The van der Waals surface area contributed by atoms with E-state index in [0.717, 1.165) is 49.7 Å². The van der Waals surface area contributed by atoms with Crippen LogP contribution in [0.25, 0.3) is 0 Å². The Morgan fingerprint density at radius 1 is 1.42 bits per heavy atom. The number of carbonyl (C=O) groups is 1. The van der Waals surface area contributed by atoms with Gasteiger partial charge in [-0.2, -0.15) is 5.26 Å². The molecule has 24 heavy (non-hydrogen) atoms. The number of hydrogen-bond donors (Lipinski definition) is 2. The Kier molecular flexibility index (Phi) is 4.98. The maximum atomic E-state index is 12.3. The molecule has 5 nitrogen and oxygen atoms in total. The van der Waals surface area contributed by atoms with Crippen LogP contribution in [0.15, 0.2) is 24.3 Å². The van der Waals surface area contributed by atoms with E-state index in [1.807, 2.05) is 31.2 Å². The summed E-state index contributed by atoms with van der Waals surface area (Å²) in [5.74, 6) is 0.297. The Hall–Kier alpha value is -1.77. The molecule has 1 aromatic rings. The number of nitrogens with zero attached hydrogens (tertiary/aromatic N) is 2. The number of halogens is 1. The van der Waals surface area contributed by atoms with Gasteiger partial charge in [-0.05, 0) is 37.8 Å². The van der Waals surface area contributed by atoms with Crippen molar-refractivity contribution in [1.82, 2.24) is 5.32 Å². The lowest BCUT2D eigenvalue weighted by Crippen LogP contribution is -3.16. The van der Waals surface area contributed by atoms with Gasteiger partial charge in [0.2, 0.25) is 0 Å². The predicted octanol–water partition coefficient (Wildman–Crippen LogP) is 0.853. The Bertz CT molecular complexity index is 647. The normalized spacial score (nSPS) is 21.0. The summed E-state index contributed by atoms with van der Waals surface area (Å²) in [6.45, 7) is 5.82. The van der Waals surface area contributed by atoms with Crippen molar-refractivity contribution >= 4 is 23.2 Å². The second-order valence-electron chi connectivity index (χ2n) is 7.00. The Labute approximate surface area is 148 Å². The molecule has 1 aliphatic heterocycles. The SMILES string of the molecule is C[C@@](C#N)(NC(=O)C[NH+]1CCN(c2ccccc2Cl)CC1)C1CC1. The molecule has 1 saturated carbocycles. The minimum Gasteiger partial charge on any atom is -0.359 e. The van der Waals surface area contributed by atoms with Crippen molar-refractivity contribution in [3.8, 4) is 6.07 Å². The number of amides is 1. The van der Waals surface area contributed by atoms with E-state index in [4.69, 9.17) is 11.6 Å². The second-order valence-corrected chi connectivity index (χ2v) is 7.41. The smallest absolute Gasteiger partial charge is 0.276 e. The molecule has 1 saturated heterocycles. The highest BCUT2D eigenvalue weighted by atomic mass is 35.5.